The molecule has 5 nitrogen and oxygen atoms in total. The highest BCUT2D eigenvalue weighted by Crippen LogP contribution is 2.42. The van der Waals surface area contributed by atoms with Crippen LogP contribution < -0.4 is 0 Å². The molecule has 1 aromatic carbocycles. The lowest BCUT2D eigenvalue weighted by molar-refractivity contribution is 0.103. The van der Waals surface area contributed by atoms with E-state index in [1.54, 1.807) is 29.2 Å². The minimum Gasteiger partial charge on any atom is -0.360 e. The molecule has 1 aliphatic carbocycles. The van der Waals surface area contributed by atoms with Crippen molar-refractivity contribution in [3.8, 4) is 0 Å². The van der Waals surface area contributed by atoms with E-state index in [4.69, 9.17) is 27.7 Å². The zero-order valence-corrected chi connectivity index (χ0v) is 14.1. The molecule has 1 aliphatic rings. The predicted molar refractivity (Wildman–Crippen MR) is 89.7 cm³/mol. The van der Waals surface area contributed by atoms with Gasteiger partial charge in [0.05, 0.1) is 28.4 Å². The Hall–Kier alpha value is -2.11. The van der Waals surface area contributed by atoms with Crippen LogP contribution >= 0.6 is 23.2 Å². The van der Waals surface area contributed by atoms with Gasteiger partial charge in [-0.3, -0.25) is 9.48 Å². The van der Waals surface area contributed by atoms with Gasteiger partial charge in [0.2, 0.25) is 0 Å². The molecule has 2 heterocycles. The molecule has 122 valence electrons. The topological polar surface area (TPSA) is 60.9 Å². The highest BCUT2D eigenvalue weighted by molar-refractivity contribution is 6.43. The van der Waals surface area contributed by atoms with E-state index in [0.717, 1.165) is 12.8 Å². The van der Waals surface area contributed by atoms with Crippen LogP contribution in [0.15, 0.2) is 41.3 Å². The van der Waals surface area contributed by atoms with Crippen molar-refractivity contribution in [2.24, 2.45) is 0 Å². The maximum Gasteiger partial charge on any atom is 0.198 e. The van der Waals surface area contributed by atoms with E-state index in [2.05, 4.69) is 10.3 Å². The van der Waals surface area contributed by atoms with E-state index in [1.165, 1.54) is 6.20 Å². The molecule has 0 amide bonds. The summed E-state index contributed by atoms with van der Waals surface area (Å²) >= 11 is 12.5. The predicted octanol–water partition coefficient (Wildman–Crippen LogP) is 4.33. The zero-order valence-electron chi connectivity index (χ0n) is 12.6. The van der Waals surface area contributed by atoms with Crippen molar-refractivity contribution in [1.82, 2.24) is 14.9 Å². The zero-order chi connectivity index (χ0) is 16.7. The Bertz CT molecular complexity index is 899. The van der Waals surface area contributed by atoms with Gasteiger partial charge in [0, 0.05) is 29.4 Å². The summed E-state index contributed by atoms with van der Waals surface area (Å²) in [6.07, 6.45) is 7.01. The van der Waals surface area contributed by atoms with Gasteiger partial charge in [0.25, 0.3) is 0 Å². The summed E-state index contributed by atoms with van der Waals surface area (Å²) in [5.74, 6) is 0.804. The van der Waals surface area contributed by atoms with Crippen molar-refractivity contribution in [1.29, 1.82) is 0 Å². The summed E-state index contributed by atoms with van der Waals surface area (Å²) in [7, 11) is 0. The van der Waals surface area contributed by atoms with Crippen molar-refractivity contribution in [2.75, 3.05) is 0 Å². The van der Waals surface area contributed by atoms with Gasteiger partial charge in [0.15, 0.2) is 11.5 Å². The van der Waals surface area contributed by atoms with E-state index >= 15 is 0 Å². The molecular formula is C17H13Cl2N3O2. The molecule has 0 unspecified atom stereocenters. The number of aromatic nitrogens is 3. The highest BCUT2D eigenvalue weighted by Gasteiger charge is 2.33. The number of benzene rings is 1. The molecule has 1 saturated carbocycles. The molecule has 0 aliphatic heterocycles. The Balaban J connectivity index is 1.78. The first-order chi connectivity index (χ1) is 11.6. The van der Waals surface area contributed by atoms with Crippen LogP contribution in [-0.2, 0) is 6.54 Å². The second-order valence-corrected chi connectivity index (χ2v) is 6.58. The molecule has 3 aromatic rings. The Labute approximate surface area is 148 Å². The van der Waals surface area contributed by atoms with Gasteiger partial charge in [-0.2, -0.15) is 5.10 Å². The number of rotatable bonds is 5. The second-order valence-electron chi connectivity index (χ2n) is 5.80. The molecule has 4 rings (SSSR count). The van der Waals surface area contributed by atoms with Gasteiger partial charge >= 0.3 is 0 Å². The van der Waals surface area contributed by atoms with E-state index in [9.17, 15) is 4.79 Å². The van der Waals surface area contributed by atoms with E-state index in [0.29, 0.717) is 45.0 Å². The molecule has 0 atom stereocenters. The fraction of sp³-hybridized carbons (Fsp3) is 0.235. The molecule has 0 saturated heterocycles. The van der Waals surface area contributed by atoms with Crippen molar-refractivity contribution < 1.29 is 9.32 Å². The van der Waals surface area contributed by atoms with Gasteiger partial charge in [-0.05, 0) is 31.0 Å². The molecule has 1 fully saturated rings. The lowest BCUT2D eigenvalue weighted by Gasteiger charge is -2.12. The lowest BCUT2D eigenvalue weighted by Crippen LogP contribution is -2.11. The molecule has 7 heteroatoms. The van der Waals surface area contributed by atoms with Gasteiger partial charge in [0.1, 0.15) is 0 Å². The fourth-order valence-electron chi connectivity index (χ4n) is 2.72. The summed E-state index contributed by atoms with van der Waals surface area (Å²) in [4.78, 5) is 13.0. The SMILES string of the molecule is O=C(c1cnoc1C1CC1)c1ccc(Cl)c(Cl)c1Cn1cccn1. The third-order valence-corrected chi connectivity index (χ3v) is 4.95. The molecule has 0 N–H and O–H groups in total. The fourth-order valence-corrected chi connectivity index (χ4v) is 3.12. The number of halogens is 2. The molecule has 0 radical (unpaired) electrons. The van der Waals surface area contributed by atoms with Crippen LogP contribution in [0.1, 0.15) is 46.0 Å². The number of carbonyl (C=O) groups excluding carboxylic acids is 1. The molecule has 24 heavy (non-hydrogen) atoms. The summed E-state index contributed by atoms with van der Waals surface area (Å²) in [5, 5.41) is 8.75. The maximum atomic E-state index is 13.0. The Kier molecular flexibility index (Phi) is 3.90. The van der Waals surface area contributed by atoms with Crippen LogP contribution in [0.2, 0.25) is 10.0 Å². The Morgan fingerprint density at radius 2 is 2.12 bits per heavy atom. The van der Waals surface area contributed by atoms with Gasteiger partial charge in [-0.15, -0.1) is 0 Å². The molecule has 0 spiro atoms. The van der Waals surface area contributed by atoms with E-state index in [1.807, 2.05) is 6.07 Å². The third-order valence-electron chi connectivity index (χ3n) is 4.11. The van der Waals surface area contributed by atoms with Crippen molar-refractivity contribution in [3.63, 3.8) is 0 Å². The van der Waals surface area contributed by atoms with E-state index < -0.39 is 0 Å². The molecular weight excluding hydrogens is 349 g/mol. The number of nitrogens with zero attached hydrogens (tertiary/aromatic N) is 3. The normalized spacial score (nSPS) is 14.1. The van der Waals surface area contributed by atoms with Crippen molar-refractivity contribution in [2.45, 2.75) is 25.3 Å². The van der Waals surface area contributed by atoms with Crippen molar-refractivity contribution >= 4 is 29.0 Å². The number of hydrogen-bond acceptors (Lipinski definition) is 4. The smallest absolute Gasteiger partial charge is 0.198 e. The van der Waals surface area contributed by atoms with Gasteiger partial charge in [-0.1, -0.05) is 28.4 Å². The summed E-state index contributed by atoms with van der Waals surface area (Å²) < 4.78 is 6.98. The van der Waals surface area contributed by atoms with Crippen LogP contribution in [0.4, 0.5) is 0 Å². The van der Waals surface area contributed by atoms with Crippen LogP contribution in [-0.4, -0.2) is 20.7 Å². The molecule has 2 aromatic heterocycles. The number of hydrogen-bond donors (Lipinski definition) is 0. The third kappa shape index (κ3) is 2.74. The first-order valence-electron chi connectivity index (χ1n) is 7.58. The first-order valence-corrected chi connectivity index (χ1v) is 8.34. The van der Waals surface area contributed by atoms with E-state index in [-0.39, 0.29) is 5.78 Å². The standard InChI is InChI=1S/C17H13Cl2N3O2/c18-14-5-4-11(13(15(14)19)9-22-7-1-6-20-22)16(23)12-8-21-24-17(12)10-2-3-10/h1,4-8,10H,2-3,9H2. The summed E-state index contributed by atoms with van der Waals surface area (Å²) in [5.41, 5.74) is 1.63. The van der Waals surface area contributed by atoms with Gasteiger partial charge in [-0.25, -0.2) is 0 Å². The van der Waals surface area contributed by atoms with Crippen LogP contribution in [0.5, 0.6) is 0 Å². The lowest BCUT2D eigenvalue weighted by atomic mass is 9.97. The molecule has 0 bridgehead atoms. The quantitative estimate of drug-likeness (QED) is 0.634. The minimum atomic E-state index is -0.154. The highest BCUT2D eigenvalue weighted by atomic mass is 35.5. The average molecular weight is 362 g/mol. The largest absolute Gasteiger partial charge is 0.360 e. The maximum absolute atomic E-state index is 13.0. The number of ketones is 1. The van der Waals surface area contributed by atoms with Crippen LogP contribution in [0.25, 0.3) is 0 Å². The Morgan fingerprint density at radius 3 is 2.83 bits per heavy atom. The van der Waals surface area contributed by atoms with Crippen molar-refractivity contribution in [3.05, 3.63) is 69.3 Å². The monoisotopic (exact) mass is 361 g/mol. The summed E-state index contributed by atoms with van der Waals surface area (Å²) in [6.45, 7) is 0.359. The average Bonchev–Trinajstić information content (AvgIpc) is 3.09. The first kappa shape index (κ1) is 15.4. The number of carbonyl (C=O) groups is 1. The Morgan fingerprint density at radius 1 is 1.29 bits per heavy atom. The van der Waals surface area contributed by atoms with Crippen LogP contribution in [0, 0.1) is 0 Å². The minimum absolute atomic E-state index is 0.154. The summed E-state index contributed by atoms with van der Waals surface area (Å²) in [6, 6.07) is 5.14. The second kappa shape index (κ2) is 6.07. The van der Waals surface area contributed by atoms with Gasteiger partial charge < -0.3 is 4.52 Å². The van der Waals surface area contributed by atoms with Crippen LogP contribution in [0.3, 0.4) is 0 Å².